The monoisotopic (exact) mass is 374 g/mol. The number of phenols is 2. The summed E-state index contributed by atoms with van der Waals surface area (Å²) < 4.78 is 9.78. The zero-order valence-corrected chi connectivity index (χ0v) is 15.3. The number of benzene rings is 2. The van der Waals surface area contributed by atoms with Gasteiger partial charge in [0.05, 0.1) is 13.7 Å². The van der Waals surface area contributed by atoms with E-state index in [-0.39, 0.29) is 23.7 Å². The predicted molar refractivity (Wildman–Crippen MR) is 100 cm³/mol. The van der Waals surface area contributed by atoms with Gasteiger partial charge < -0.3 is 24.8 Å². The third-order valence-corrected chi connectivity index (χ3v) is 3.32. The lowest BCUT2D eigenvalue weighted by molar-refractivity contribution is -0.131. The van der Waals surface area contributed by atoms with Crippen LogP contribution in [0.3, 0.4) is 0 Å². The molecule has 2 rings (SSSR count). The largest absolute Gasteiger partial charge is 0.508 e. The number of carbonyl (C=O) groups is 2. The van der Waals surface area contributed by atoms with Crippen LogP contribution in [0.5, 0.6) is 17.2 Å². The van der Waals surface area contributed by atoms with E-state index in [1.807, 2.05) is 12.1 Å². The third kappa shape index (κ3) is 6.74. The highest BCUT2D eigenvalue weighted by Gasteiger charge is 2.16. The third-order valence-electron chi connectivity index (χ3n) is 3.32. The molecule has 0 saturated heterocycles. The van der Waals surface area contributed by atoms with Crippen LogP contribution >= 0.6 is 0 Å². The lowest BCUT2D eigenvalue weighted by Crippen LogP contribution is -2.06. The van der Waals surface area contributed by atoms with Gasteiger partial charge in [0.15, 0.2) is 0 Å². The van der Waals surface area contributed by atoms with Gasteiger partial charge in [0.2, 0.25) is 0 Å². The SMILES string of the molecule is CCOC(=O)c1c(C)cc(O)cc1O.COc1ccccc1C=CC(=O)O. The molecule has 0 spiro atoms. The molecule has 0 saturated carbocycles. The van der Waals surface area contributed by atoms with Crippen LogP contribution in [0.15, 0.2) is 42.5 Å². The zero-order valence-electron chi connectivity index (χ0n) is 15.3. The van der Waals surface area contributed by atoms with E-state index >= 15 is 0 Å². The number of aliphatic carboxylic acids is 1. The molecule has 0 heterocycles. The maximum atomic E-state index is 11.3. The van der Waals surface area contributed by atoms with Crippen molar-refractivity contribution in [2.45, 2.75) is 13.8 Å². The Morgan fingerprint density at radius 2 is 1.81 bits per heavy atom. The average molecular weight is 374 g/mol. The zero-order chi connectivity index (χ0) is 20.4. The van der Waals surface area contributed by atoms with E-state index in [9.17, 15) is 14.7 Å². The molecule has 2 aromatic rings. The molecule has 0 fully saturated rings. The maximum Gasteiger partial charge on any atom is 0.342 e. The second kappa shape index (κ2) is 10.5. The number of aromatic hydroxyl groups is 2. The molecule has 0 bridgehead atoms. The molecule has 0 atom stereocenters. The Hall–Kier alpha value is -3.48. The van der Waals surface area contributed by atoms with Gasteiger partial charge in [-0.15, -0.1) is 0 Å². The Kier molecular flexibility index (Phi) is 8.38. The minimum atomic E-state index is -0.967. The van der Waals surface area contributed by atoms with Gasteiger partial charge in [-0.1, -0.05) is 18.2 Å². The average Bonchev–Trinajstić information content (AvgIpc) is 2.60. The van der Waals surface area contributed by atoms with Crippen LogP contribution in [0.4, 0.5) is 0 Å². The van der Waals surface area contributed by atoms with Crippen molar-refractivity contribution in [1.29, 1.82) is 0 Å². The van der Waals surface area contributed by atoms with E-state index in [0.717, 1.165) is 17.7 Å². The van der Waals surface area contributed by atoms with E-state index in [1.54, 1.807) is 33.1 Å². The number of ether oxygens (including phenoxy) is 2. The summed E-state index contributed by atoms with van der Waals surface area (Å²) in [7, 11) is 1.55. The van der Waals surface area contributed by atoms with Crippen LogP contribution in [-0.2, 0) is 9.53 Å². The molecule has 7 nitrogen and oxygen atoms in total. The van der Waals surface area contributed by atoms with Gasteiger partial charge in [0, 0.05) is 17.7 Å². The topological polar surface area (TPSA) is 113 Å². The minimum absolute atomic E-state index is 0.0759. The number of para-hydroxylation sites is 1. The van der Waals surface area contributed by atoms with Gasteiger partial charge >= 0.3 is 11.9 Å². The Morgan fingerprint density at radius 1 is 1.15 bits per heavy atom. The van der Waals surface area contributed by atoms with E-state index in [0.29, 0.717) is 11.3 Å². The molecule has 144 valence electrons. The first-order valence-corrected chi connectivity index (χ1v) is 8.03. The van der Waals surface area contributed by atoms with Crippen molar-refractivity contribution in [2.75, 3.05) is 13.7 Å². The van der Waals surface area contributed by atoms with Crippen LogP contribution in [0.1, 0.15) is 28.4 Å². The highest BCUT2D eigenvalue weighted by molar-refractivity contribution is 5.94. The first kappa shape index (κ1) is 21.6. The molecular formula is C20H22O7. The van der Waals surface area contributed by atoms with Crippen molar-refractivity contribution in [1.82, 2.24) is 0 Å². The molecule has 0 amide bonds. The highest BCUT2D eigenvalue weighted by atomic mass is 16.5. The molecule has 0 aliphatic heterocycles. The number of aryl methyl sites for hydroxylation is 1. The van der Waals surface area contributed by atoms with Crippen molar-refractivity contribution < 1.29 is 34.4 Å². The van der Waals surface area contributed by atoms with Crippen LogP contribution in [0.25, 0.3) is 6.08 Å². The normalized spacial score (nSPS) is 10.0. The van der Waals surface area contributed by atoms with Gasteiger partial charge in [-0.3, -0.25) is 0 Å². The van der Waals surface area contributed by atoms with E-state index in [2.05, 4.69) is 0 Å². The molecule has 0 unspecified atom stereocenters. The van der Waals surface area contributed by atoms with Crippen molar-refractivity contribution in [2.24, 2.45) is 0 Å². The van der Waals surface area contributed by atoms with Gasteiger partial charge in [-0.05, 0) is 37.6 Å². The van der Waals surface area contributed by atoms with Crippen molar-refractivity contribution in [3.8, 4) is 17.2 Å². The predicted octanol–water partition coefficient (Wildman–Crippen LogP) is 3.38. The lowest BCUT2D eigenvalue weighted by atomic mass is 10.1. The number of carboxylic acids is 1. The smallest absolute Gasteiger partial charge is 0.342 e. The Labute approximate surface area is 157 Å². The van der Waals surface area contributed by atoms with Crippen molar-refractivity contribution in [3.63, 3.8) is 0 Å². The standard InChI is InChI=1S/C10H12O4.C10H10O3/c1-3-14-10(13)9-6(2)4-7(11)5-8(9)12;1-13-9-5-3-2-4-8(9)6-7-10(11)12/h4-5,11-12H,3H2,1-2H3;2-7H,1H3,(H,11,12). The van der Waals surface area contributed by atoms with Crippen molar-refractivity contribution >= 4 is 18.0 Å². The second-order valence-electron chi connectivity index (χ2n) is 5.29. The first-order valence-electron chi connectivity index (χ1n) is 8.03. The molecule has 7 heteroatoms. The fraction of sp³-hybridized carbons (Fsp3) is 0.200. The van der Waals surface area contributed by atoms with Crippen LogP contribution in [0, 0.1) is 6.92 Å². The van der Waals surface area contributed by atoms with E-state index < -0.39 is 11.9 Å². The lowest BCUT2D eigenvalue weighted by Gasteiger charge is -2.07. The molecule has 0 radical (unpaired) electrons. The van der Waals surface area contributed by atoms with Crippen LogP contribution < -0.4 is 4.74 Å². The van der Waals surface area contributed by atoms with Crippen LogP contribution in [0.2, 0.25) is 0 Å². The summed E-state index contributed by atoms with van der Waals surface area (Å²) in [6.45, 7) is 3.55. The summed E-state index contributed by atoms with van der Waals surface area (Å²) >= 11 is 0. The van der Waals surface area contributed by atoms with Crippen LogP contribution in [-0.4, -0.2) is 41.0 Å². The Balaban J connectivity index is 0.000000271. The summed E-state index contributed by atoms with van der Waals surface area (Å²) in [6, 6.07) is 9.73. The number of esters is 1. The number of phenolic OH excluding ortho intramolecular Hbond substituents is 2. The second-order valence-corrected chi connectivity index (χ2v) is 5.29. The van der Waals surface area contributed by atoms with Gasteiger partial charge in [-0.2, -0.15) is 0 Å². The highest BCUT2D eigenvalue weighted by Crippen LogP contribution is 2.27. The number of rotatable bonds is 5. The number of carboxylic acid groups (broad SMARTS) is 1. The molecule has 0 aliphatic carbocycles. The molecule has 27 heavy (non-hydrogen) atoms. The number of carbonyl (C=O) groups excluding carboxylic acids is 1. The molecule has 0 aromatic heterocycles. The Bertz CT molecular complexity index is 802. The Morgan fingerprint density at radius 3 is 2.37 bits per heavy atom. The first-order chi connectivity index (χ1) is 12.8. The minimum Gasteiger partial charge on any atom is -0.508 e. The fourth-order valence-corrected chi connectivity index (χ4v) is 2.18. The quantitative estimate of drug-likeness (QED) is 0.543. The number of hydrogen-bond donors (Lipinski definition) is 3. The molecule has 0 aliphatic rings. The molecule has 2 aromatic carbocycles. The van der Waals surface area contributed by atoms with Gasteiger partial charge in [-0.25, -0.2) is 9.59 Å². The summed E-state index contributed by atoms with van der Waals surface area (Å²) in [5.41, 5.74) is 1.35. The summed E-state index contributed by atoms with van der Waals surface area (Å²) in [5.74, 6) is -1.22. The van der Waals surface area contributed by atoms with Gasteiger partial charge in [0.25, 0.3) is 0 Å². The molecule has 3 N–H and O–H groups in total. The summed E-state index contributed by atoms with van der Waals surface area (Å²) in [4.78, 5) is 21.6. The number of methoxy groups -OCH3 is 1. The summed E-state index contributed by atoms with van der Waals surface area (Å²) in [6.07, 6.45) is 2.58. The van der Waals surface area contributed by atoms with E-state index in [4.69, 9.17) is 19.7 Å². The maximum absolute atomic E-state index is 11.3. The summed E-state index contributed by atoms with van der Waals surface area (Å²) in [5, 5.41) is 26.9. The van der Waals surface area contributed by atoms with Crippen molar-refractivity contribution in [3.05, 3.63) is 59.2 Å². The number of hydrogen-bond acceptors (Lipinski definition) is 6. The van der Waals surface area contributed by atoms with E-state index in [1.165, 1.54) is 12.1 Å². The molecular weight excluding hydrogens is 352 g/mol. The van der Waals surface area contributed by atoms with Gasteiger partial charge in [0.1, 0.15) is 22.8 Å². The fourth-order valence-electron chi connectivity index (χ4n) is 2.18.